The number of benzene rings is 1. The molecule has 1 atom stereocenters. The number of halogens is 1. The molecule has 1 saturated carbocycles. The molecule has 172 valence electrons. The van der Waals surface area contributed by atoms with Crippen molar-refractivity contribution in [3.8, 4) is 0 Å². The Hall–Kier alpha value is -1.63. The van der Waals surface area contributed by atoms with Crippen LogP contribution in [0.5, 0.6) is 0 Å². The van der Waals surface area contributed by atoms with Crippen molar-refractivity contribution < 1.29 is 9.59 Å². The van der Waals surface area contributed by atoms with E-state index in [0.29, 0.717) is 36.1 Å². The number of likely N-dealkylation sites (N-methyl/N-ethyl adjacent to an activating group) is 1. The highest BCUT2D eigenvalue weighted by Crippen LogP contribution is 2.31. The van der Waals surface area contributed by atoms with Gasteiger partial charge in [0.1, 0.15) is 0 Å². The van der Waals surface area contributed by atoms with Crippen LogP contribution in [0.15, 0.2) is 24.3 Å². The Morgan fingerprint density at radius 2 is 1.74 bits per heavy atom. The van der Waals surface area contributed by atoms with E-state index in [4.69, 9.17) is 11.6 Å². The number of nitrogens with one attached hydrogen (secondary N) is 1. The van der Waals surface area contributed by atoms with Crippen LogP contribution in [-0.2, 0) is 4.79 Å². The van der Waals surface area contributed by atoms with Gasteiger partial charge in [0.05, 0.1) is 16.6 Å². The molecule has 1 heterocycles. The van der Waals surface area contributed by atoms with Crippen LogP contribution in [-0.4, -0.2) is 84.9 Å². The zero-order chi connectivity index (χ0) is 22.2. The SMILES string of the molecule is CCN(CC)CCNC(=O)[C@@H](C1CCCC1)N1CCN(C(=O)c2ccccc2Cl)CC1. The molecule has 1 N–H and O–H groups in total. The summed E-state index contributed by atoms with van der Waals surface area (Å²) in [5.74, 6) is 0.551. The highest BCUT2D eigenvalue weighted by molar-refractivity contribution is 6.33. The van der Waals surface area contributed by atoms with Gasteiger partial charge in [0.2, 0.25) is 5.91 Å². The molecule has 0 aromatic heterocycles. The largest absolute Gasteiger partial charge is 0.353 e. The Labute approximate surface area is 191 Å². The van der Waals surface area contributed by atoms with E-state index in [1.165, 1.54) is 12.8 Å². The van der Waals surface area contributed by atoms with Crippen LogP contribution in [0.25, 0.3) is 0 Å². The third kappa shape index (κ3) is 6.21. The van der Waals surface area contributed by atoms with Crippen LogP contribution >= 0.6 is 11.6 Å². The van der Waals surface area contributed by atoms with Gasteiger partial charge in [0, 0.05) is 39.3 Å². The van der Waals surface area contributed by atoms with Crippen LogP contribution in [0.2, 0.25) is 5.02 Å². The first-order valence-electron chi connectivity index (χ1n) is 11.8. The maximum Gasteiger partial charge on any atom is 0.255 e. The van der Waals surface area contributed by atoms with E-state index in [1.807, 2.05) is 17.0 Å². The number of carbonyl (C=O) groups excluding carboxylic acids is 2. The molecular formula is C24H37ClN4O2. The maximum absolute atomic E-state index is 13.2. The van der Waals surface area contributed by atoms with E-state index in [1.54, 1.807) is 12.1 Å². The summed E-state index contributed by atoms with van der Waals surface area (Å²) in [5.41, 5.74) is 0.555. The van der Waals surface area contributed by atoms with Gasteiger partial charge in [-0.15, -0.1) is 0 Å². The Balaban J connectivity index is 1.59. The molecule has 0 unspecified atom stereocenters. The third-order valence-electron chi connectivity index (χ3n) is 6.84. The van der Waals surface area contributed by atoms with Crippen LogP contribution < -0.4 is 5.32 Å². The molecule has 7 heteroatoms. The number of carbonyl (C=O) groups is 2. The zero-order valence-corrected chi connectivity index (χ0v) is 19.7. The molecule has 1 aromatic carbocycles. The molecule has 2 fully saturated rings. The summed E-state index contributed by atoms with van der Waals surface area (Å²) < 4.78 is 0. The van der Waals surface area contributed by atoms with Gasteiger partial charge in [-0.3, -0.25) is 14.5 Å². The first-order valence-corrected chi connectivity index (χ1v) is 12.2. The minimum atomic E-state index is -0.0863. The number of hydrogen-bond donors (Lipinski definition) is 1. The minimum Gasteiger partial charge on any atom is -0.353 e. The van der Waals surface area contributed by atoms with Gasteiger partial charge in [-0.25, -0.2) is 0 Å². The summed E-state index contributed by atoms with van der Waals surface area (Å²) in [4.78, 5) is 32.6. The first kappa shape index (κ1) is 24.0. The second-order valence-corrected chi connectivity index (χ2v) is 9.02. The van der Waals surface area contributed by atoms with Gasteiger partial charge in [-0.05, 0) is 44.0 Å². The highest BCUT2D eigenvalue weighted by atomic mass is 35.5. The van der Waals surface area contributed by atoms with Crippen molar-refractivity contribution in [2.75, 3.05) is 52.4 Å². The zero-order valence-electron chi connectivity index (χ0n) is 19.0. The molecule has 1 saturated heterocycles. The van der Waals surface area contributed by atoms with Crippen molar-refractivity contribution >= 4 is 23.4 Å². The normalized spacial score (nSPS) is 19.0. The van der Waals surface area contributed by atoms with E-state index >= 15 is 0 Å². The monoisotopic (exact) mass is 448 g/mol. The fourth-order valence-electron chi connectivity index (χ4n) is 4.94. The average molecular weight is 449 g/mol. The van der Waals surface area contributed by atoms with Crippen LogP contribution in [0, 0.1) is 5.92 Å². The van der Waals surface area contributed by atoms with Crippen molar-refractivity contribution in [1.82, 2.24) is 20.0 Å². The summed E-state index contributed by atoms with van der Waals surface area (Å²) in [5, 5.41) is 3.70. The number of amides is 2. The van der Waals surface area contributed by atoms with Crippen molar-refractivity contribution in [2.45, 2.75) is 45.6 Å². The second kappa shape index (κ2) is 11.8. The first-order chi connectivity index (χ1) is 15.0. The molecule has 0 bridgehead atoms. The standard InChI is InChI=1S/C24H37ClN4O2/c1-3-27(4-2)14-13-26-23(30)22(19-9-5-6-10-19)28-15-17-29(18-16-28)24(31)20-11-7-8-12-21(20)25/h7-8,11-12,19,22H,3-6,9-10,13-18H2,1-2H3,(H,26,30)/t22-/m1/s1. The van der Waals surface area contributed by atoms with Crippen LogP contribution in [0.3, 0.4) is 0 Å². The van der Waals surface area contributed by atoms with E-state index < -0.39 is 0 Å². The fraction of sp³-hybridized carbons (Fsp3) is 0.667. The van der Waals surface area contributed by atoms with Gasteiger partial charge >= 0.3 is 0 Å². The smallest absolute Gasteiger partial charge is 0.255 e. The Morgan fingerprint density at radius 1 is 1.10 bits per heavy atom. The number of hydrogen-bond acceptors (Lipinski definition) is 4. The van der Waals surface area contributed by atoms with E-state index in [0.717, 1.165) is 45.6 Å². The van der Waals surface area contributed by atoms with Gasteiger partial charge < -0.3 is 15.1 Å². The Morgan fingerprint density at radius 3 is 2.35 bits per heavy atom. The van der Waals surface area contributed by atoms with Crippen molar-refractivity contribution in [3.05, 3.63) is 34.9 Å². The fourth-order valence-corrected chi connectivity index (χ4v) is 5.16. The average Bonchev–Trinajstić information content (AvgIpc) is 3.31. The molecule has 1 aliphatic carbocycles. The Kier molecular flexibility index (Phi) is 9.17. The highest BCUT2D eigenvalue weighted by Gasteiger charge is 2.37. The lowest BCUT2D eigenvalue weighted by molar-refractivity contribution is -0.129. The van der Waals surface area contributed by atoms with Gasteiger partial charge in [-0.2, -0.15) is 0 Å². The molecule has 1 aromatic rings. The summed E-state index contributed by atoms with van der Waals surface area (Å²) in [6.07, 6.45) is 4.65. The van der Waals surface area contributed by atoms with Gasteiger partial charge in [-0.1, -0.05) is 50.4 Å². The van der Waals surface area contributed by atoms with Gasteiger partial charge in [0.25, 0.3) is 5.91 Å². The number of rotatable bonds is 9. The van der Waals surface area contributed by atoms with Crippen molar-refractivity contribution in [2.24, 2.45) is 5.92 Å². The van der Waals surface area contributed by atoms with Crippen molar-refractivity contribution in [1.29, 1.82) is 0 Å². The number of nitrogens with zero attached hydrogens (tertiary/aromatic N) is 3. The number of piperazine rings is 1. The van der Waals surface area contributed by atoms with E-state index in [2.05, 4.69) is 29.0 Å². The molecule has 3 rings (SSSR count). The lowest BCUT2D eigenvalue weighted by Crippen LogP contribution is -2.58. The summed E-state index contributed by atoms with van der Waals surface area (Å²) >= 11 is 6.22. The van der Waals surface area contributed by atoms with Gasteiger partial charge in [0.15, 0.2) is 0 Å². The topological polar surface area (TPSA) is 55.9 Å². The molecule has 1 aliphatic heterocycles. The van der Waals surface area contributed by atoms with Crippen LogP contribution in [0.1, 0.15) is 49.9 Å². The minimum absolute atomic E-state index is 0.0219. The predicted octanol–water partition coefficient (Wildman–Crippen LogP) is 3.11. The Bertz CT molecular complexity index is 726. The lowest BCUT2D eigenvalue weighted by atomic mass is 9.95. The quantitative estimate of drug-likeness (QED) is 0.630. The third-order valence-corrected chi connectivity index (χ3v) is 7.17. The summed E-state index contributed by atoms with van der Waals surface area (Å²) in [6, 6.07) is 7.12. The summed E-state index contributed by atoms with van der Waals surface area (Å²) in [7, 11) is 0. The molecular weight excluding hydrogens is 412 g/mol. The predicted molar refractivity (Wildman–Crippen MR) is 125 cm³/mol. The van der Waals surface area contributed by atoms with Crippen LogP contribution in [0.4, 0.5) is 0 Å². The summed E-state index contributed by atoms with van der Waals surface area (Å²) in [6.45, 7) is 10.6. The molecule has 31 heavy (non-hydrogen) atoms. The maximum atomic E-state index is 13.2. The molecule has 0 radical (unpaired) electrons. The van der Waals surface area contributed by atoms with Crippen molar-refractivity contribution in [3.63, 3.8) is 0 Å². The lowest BCUT2D eigenvalue weighted by Gasteiger charge is -2.41. The molecule has 6 nitrogen and oxygen atoms in total. The molecule has 2 aliphatic rings. The molecule has 0 spiro atoms. The van der Waals surface area contributed by atoms with E-state index in [9.17, 15) is 9.59 Å². The second-order valence-electron chi connectivity index (χ2n) is 8.62. The molecule has 2 amide bonds. The van der Waals surface area contributed by atoms with E-state index in [-0.39, 0.29) is 17.9 Å².